The van der Waals surface area contributed by atoms with Crippen molar-refractivity contribution in [1.29, 1.82) is 0 Å². The van der Waals surface area contributed by atoms with Gasteiger partial charge in [-0.05, 0) is 66.4 Å². The van der Waals surface area contributed by atoms with Gasteiger partial charge >= 0.3 is 0 Å². The van der Waals surface area contributed by atoms with Gasteiger partial charge in [0, 0.05) is 34.6 Å². The Labute approximate surface area is 314 Å². The van der Waals surface area contributed by atoms with Crippen molar-refractivity contribution in [3.63, 3.8) is 0 Å². The van der Waals surface area contributed by atoms with E-state index in [1.54, 1.807) is 20.7 Å². The molecule has 10 nitrogen and oxygen atoms in total. The van der Waals surface area contributed by atoms with E-state index in [4.69, 9.17) is 4.74 Å². The van der Waals surface area contributed by atoms with Gasteiger partial charge in [0.15, 0.2) is 13.9 Å². The highest BCUT2D eigenvalue weighted by Crippen LogP contribution is 2.59. The number of rotatable bonds is 9. The zero-order valence-corrected chi connectivity index (χ0v) is 31.3. The average molecular weight is 736 g/mol. The number of aliphatic hydroxyl groups excluding tert-OH is 1. The maximum atomic E-state index is 15.0. The Morgan fingerprint density at radius 1 is 0.889 bits per heavy atom. The van der Waals surface area contributed by atoms with Crippen LogP contribution in [0, 0.1) is 5.92 Å². The van der Waals surface area contributed by atoms with Crippen LogP contribution in [0.25, 0.3) is 10.8 Å². The third-order valence-corrected chi connectivity index (χ3v) is 14.1. The zero-order chi connectivity index (χ0) is 37.4. The van der Waals surface area contributed by atoms with Crippen LogP contribution in [0.15, 0.2) is 121 Å². The summed E-state index contributed by atoms with van der Waals surface area (Å²) in [6.45, 7) is 6.58. The highest BCUT2D eigenvalue weighted by molar-refractivity contribution is 6.71. The SMILES string of the molecule is C[C@@H]1[C@@H]([Si](C)(C)O)[C@H](CCn2cc([C@H](O)c3ccccc3)nn2)O[C@@]12C(=O)N(Cc1cccc(N3C(=O)c4cccc5cccc3c45)c1)c1ccccc12. The van der Waals surface area contributed by atoms with E-state index in [9.17, 15) is 19.5 Å². The Hall–Kier alpha value is -5.46. The number of aryl methyl sites for hydroxylation is 1. The molecule has 5 aromatic carbocycles. The fourth-order valence-corrected chi connectivity index (χ4v) is 11.8. The second kappa shape index (κ2) is 12.8. The minimum Gasteiger partial charge on any atom is -0.432 e. The highest BCUT2D eigenvalue weighted by atomic mass is 28.4. The molecule has 1 spiro atoms. The predicted molar refractivity (Wildman–Crippen MR) is 209 cm³/mol. The lowest BCUT2D eigenvalue weighted by Gasteiger charge is -2.32. The maximum Gasteiger partial charge on any atom is 0.264 e. The van der Waals surface area contributed by atoms with Crippen LogP contribution >= 0.6 is 0 Å². The number of nitrogens with zero attached hydrogens (tertiary/aromatic N) is 5. The Balaban J connectivity index is 0.998. The van der Waals surface area contributed by atoms with Gasteiger partial charge in [-0.25, -0.2) is 0 Å². The fourth-order valence-electron chi connectivity index (χ4n) is 9.22. The number of para-hydroxylation sites is 1. The Morgan fingerprint density at radius 3 is 2.41 bits per heavy atom. The first kappa shape index (κ1) is 34.3. The first-order chi connectivity index (χ1) is 26.1. The van der Waals surface area contributed by atoms with Crippen molar-refractivity contribution in [1.82, 2.24) is 15.0 Å². The first-order valence-electron chi connectivity index (χ1n) is 18.5. The van der Waals surface area contributed by atoms with Gasteiger partial charge in [0.2, 0.25) is 0 Å². The van der Waals surface area contributed by atoms with E-state index in [-0.39, 0.29) is 29.8 Å². The molecule has 2 N–H and O–H groups in total. The van der Waals surface area contributed by atoms with Crippen molar-refractivity contribution >= 4 is 48.0 Å². The summed E-state index contributed by atoms with van der Waals surface area (Å²) in [5.74, 6) is -0.543. The Morgan fingerprint density at radius 2 is 1.61 bits per heavy atom. The molecule has 54 heavy (non-hydrogen) atoms. The minimum absolute atomic E-state index is 0.0731. The fraction of sp³-hybridized carbons (Fsp3) is 0.256. The van der Waals surface area contributed by atoms with E-state index in [0.29, 0.717) is 24.2 Å². The standard InChI is InChI=1S/C43H41N5O5Si/c1-27-40(54(2,3)52)37(22-23-46-26-34(44-45-46)39(49)30-13-5-4-6-14-30)53-43(27)33-19-7-8-20-35(33)47(42(43)51)25-28-12-9-17-31(24-28)48-36-21-11-16-29-15-10-18-32(38(29)36)41(48)50/h4-21,24,26-27,37,39-40,49,52H,22-23,25H2,1-3H3/t27-,37+,39-,40-,43+/m1/s1. The molecule has 0 radical (unpaired) electrons. The summed E-state index contributed by atoms with van der Waals surface area (Å²) < 4.78 is 8.71. The van der Waals surface area contributed by atoms with Crippen molar-refractivity contribution in [2.45, 2.75) is 62.9 Å². The van der Waals surface area contributed by atoms with Gasteiger partial charge < -0.3 is 19.5 Å². The van der Waals surface area contributed by atoms with Crippen LogP contribution in [-0.4, -0.2) is 51.1 Å². The number of anilines is 3. The molecule has 0 aliphatic carbocycles. The van der Waals surface area contributed by atoms with Crippen molar-refractivity contribution in [2.75, 3.05) is 9.80 Å². The highest BCUT2D eigenvalue weighted by Gasteiger charge is 2.66. The number of aromatic nitrogens is 3. The molecule has 0 saturated carbocycles. The smallest absolute Gasteiger partial charge is 0.264 e. The van der Waals surface area contributed by atoms with E-state index in [0.717, 1.165) is 44.5 Å². The lowest BCUT2D eigenvalue weighted by atomic mass is 9.82. The average Bonchev–Trinajstić information content (AvgIpc) is 3.91. The van der Waals surface area contributed by atoms with Crippen LogP contribution < -0.4 is 9.80 Å². The van der Waals surface area contributed by atoms with Gasteiger partial charge in [-0.1, -0.05) is 97.1 Å². The Bertz CT molecular complexity index is 2420. The maximum absolute atomic E-state index is 15.0. The third-order valence-electron chi connectivity index (χ3n) is 11.6. The number of carbonyl (C=O) groups is 2. The lowest BCUT2D eigenvalue weighted by molar-refractivity contribution is -0.146. The van der Waals surface area contributed by atoms with Gasteiger partial charge in [-0.15, -0.1) is 5.10 Å². The molecule has 9 rings (SSSR count). The van der Waals surface area contributed by atoms with Gasteiger partial charge in [-0.3, -0.25) is 19.2 Å². The molecule has 1 fully saturated rings. The second-order valence-corrected chi connectivity index (χ2v) is 19.2. The second-order valence-electron chi connectivity index (χ2n) is 15.3. The van der Waals surface area contributed by atoms with Gasteiger partial charge in [0.05, 0.1) is 35.8 Å². The van der Waals surface area contributed by atoms with Crippen LogP contribution in [0.4, 0.5) is 17.1 Å². The molecule has 5 atom stereocenters. The lowest BCUT2D eigenvalue weighted by Crippen LogP contribution is -2.46. The third kappa shape index (κ3) is 5.33. The predicted octanol–water partition coefficient (Wildman–Crippen LogP) is 7.24. The number of benzene rings is 5. The number of aliphatic hydroxyl groups is 1. The number of carbonyl (C=O) groups excluding carboxylic acids is 2. The van der Waals surface area contributed by atoms with Gasteiger partial charge in [0.25, 0.3) is 11.8 Å². The van der Waals surface area contributed by atoms with E-state index in [1.165, 1.54) is 0 Å². The van der Waals surface area contributed by atoms with Crippen LogP contribution in [0.3, 0.4) is 0 Å². The number of ether oxygens (including phenoxy) is 1. The molecule has 11 heteroatoms. The summed E-state index contributed by atoms with van der Waals surface area (Å²) in [7, 11) is -2.88. The van der Waals surface area contributed by atoms with Crippen LogP contribution in [0.5, 0.6) is 0 Å². The summed E-state index contributed by atoms with van der Waals surface area (Å²) in [5.41, 5.74) is 4.37. The molecular weight excluding hydrogens is 695 g/mol. The molecular formula is C43H41N5O5Si. The number of hydrogen-bond donors (Lipinski definition) is 2. The van der Waals surface area contributed by atoms with Crippen LogP contribution in [0.1, 0.15) is 52.2 Å². The molecule has 272 valence electrons. The summed E-state index contributed by atoms with van der Waals surface area (Å²) in [6, 6.07) is 36.7. The van der Waals surface area contributed by atoms with Crippen molar-refractivity contribution in [2.24, 2.45) is 5.92 Å². The van der Waals surface area contributed by atoms with Gasteiger partial charge in [-0.2, -0.15) is 0 Å². The topological polar surface area (TPSA) is 121 Å². The zero-order valence-electron chi connectivity index (χ0n) is 30.3. The monoisotopic (exact) mass is 735 g/mol. The van der Waals surface area contributed by atoms with E-state index in [1.807, 2.05) is 135 Å². The quantitative estimate of drug-likeness (QED) is 0.150. The van der Waals surface area contributed by atoms with E-state index < -0.39 is 26.1 Å². The summed E-state index contributed by atoms with van der Waals surface area (Å²) in [5, 5.41) is 21.4. The summed E-state index contributed by atoms with van der Waals surface area (Å²) in [4.78, 5) is 44.0. The van der Waals surface area contributed by atoms with Crippen molar-refractivity contribution in [3.05, 3.63) is 149 Å². The molecule has 6 aromatic rings. The van der Waals surface area contributed by atoms with Crippen molar-refractivity contribution in [3.8, 4) is 0 Å². The van der Waals surface area contributed by atoms with Crippen LogP contribution in [-0.2, 0) is 28.2 Å². The summed E-state index contributed by atoms with van der Waals surface area (Å²) >= 11 is 0. The van der Waals surface area contributed by atoms with E-state index in [2.05, 4.69) is 10.3 Å². The summed E-state index contributed by atoms with van der Waals surface area (Å²) in [6.07, 6.45) is 0.907. The number of fused-ring (bicyclic) bond motifs is 2. The van der Waals surface area contributed by atoms with Gasteiger partial charge in [0.1, 0.15) is 11.8 Å². The molecule has 1 saturated heterocycles. The Kier molecular flexibility index (Phi) is 8.16. The normalized spacial score (nSPS) is 22.5. The van der Waals surface area contributed by atoms with Crippen molar-refractivity contribution < 1.29 is 24.2 Å². The molecule has 3 aliphatic rings. The van der Waals surface area contributed by atoms with E-state index >= 15 is 0 Å². The number of amides is 2. The molecule has 0 bridgehead atoms. The van der Waals surface area contributed by atoms with Crippen LogP contribution in [0.2, 0.25) is 18.6 Å². The molecule has 3 aliphatic heterocycles. The largest absolute Gasteiger partial charge is 0.432 e. The molecule has 4 heterocycles. The molecule has 2 amide bonds. The molecule has 0 unspecified atom stereocenters. The minimum atomic E-state index is -2.88. The molecule has 1 aromatic heterocycles. The number of hydrogen-bond acceptors (Lipinski definition) is 7. The first-order valence-corrected chi connectivity index (χ1v) is 21.5.